The first-order valence-corrected chi connectivity index (χ1v) is 5.26. The molecule has 0 spiro atoms. The van der Waals surface area contributed by atoms with Crippen LogP contribution in [0.15, 0.2) is 18.2 Å². The van der Waals surface area contributed by atoms with Gasteiger partial charge in [0.1, 0.15) is 0 Å². The van der Waals surface area contributed by atoms with Crippen LogP contribution in [0.4, 0.5) is 0 Å². The van der Waals surface area contributed by atoms with Gasteiger partial charge < -0.3 is 9.84 Å². The molecular weight excluding hydrogens is 202 g/mol. The van der Waals surface area contributed by atoms with Gasteiger partial charge in [0.25, 0.3) is 0 Å². The van der Waals surface area contributed by atoms with Gasteiger partial charge in [-0.1, -0.05) is 18.9 Å². The van der Waals surface area contributed by atoms with Crippen LogP contribution >= 0.6 is 0 Å². The number of benzene rings is 1. The molecular formula is C13H17NO2. The number of hydrogen-bond acceptors (Lipinski definition) is 3. The molecule has 0 aliphatic carbocycles. The molecule has 0 saturated heterocycles. The van der Waals surface area contributed by atoms with E-state index in [-0.39, 0.29) is 11.8 Å². The minimum absolute atomic E-state index is 0.0831. The van der Waals surface area contributed by atoms with Crippen LogP contribution in [0.5, 0.6) is 11.5 Å². The number of rotatable bonds is 5. The van der Waals surface area contributed by atoms with E-state index < -0.39 is 0 Å². The molecule has 0 fully saturated rings. The van der Waals surface area contributed by atoms with Crippen LogP contribution in [0.25, 0.3) is 0 Å². The van der Waals surface area contributed by atoms with Gasteiger partial charge in [0.15, 0.2) is 11.5 Å². The second-order valence-electron chi connectivity index (χ2n) is 3.51. The van der Waals surface area contributed by atoms with Crippen LogP contribution in [0, 0.1) is 12.3 Å². The van der Waals surface area contributed by atoms with E-state index in [1.165, 1.54) is 7.11 Å². The average molecular weight is 219 g/mol. The van der Waals surface area contributed by atoms with Crippen molar-refractivity contribution >= 4 is 0 Å². The third kappa shape index (κ3) is 3.18. The van der Waals surface area contributed by atoms with Gasteiger partial charge in [-0.2, -0.15) is 0 Å². The Kier molecular flexibility index (Phi) is 4.68. The summed E-state index contributed by atoms with van der Waals surface area (Å²) in [5.41, 5.74) is 1.03. The maximum Gasteiger partial charge on any atom is 0.160 e. The Morgan fingerprint density at radius 1 is 1.56 bits per heavy atom. The first-order chi connectivity index (χ1) is 7.71. The second-order valence-corrected chi connectivity index (χ2v) is 3.51. The topological polar surface area (TPSA) is 41.5 Å². The van der Waals surface area contributed by atoms with Crippen molar-refractivity contribution in [2.45, 2.75) is 25.9 Å². The fraction of sp³-hybridized carbons (Fsp3) is 0.385. The van der Waals surface area contributed by atoms with Crippen molar-refractivity contribution in [1.29, 1.82) is 0 Å². The van der Waals surface area contributed by atoms with Crippen molar-refractivity contribution in [1.82, 2.24) is 5.32 Å². The molecule has 0 heterocycles. The summed E-state index contributed by atoms with van der Waals surface area (Å²) in [6.07, 6.45) is 6.24. The number of methoxy groups -OCH3 is 1. The summed E-state index contributed by atoms with van der Waals surface area (Å²) in [4.78, 5) is 0. The average Bonchev–Trinajstić information content (AvgIpc) is 2.32. The number of hydrogen-bond donors (Lipinski definition) is 2. The highest BCUT2D eigenvalue weighted by Crippen LogP contribution is 2.26. The fourth-order valence-corrected chi connectivity index (χ4v) is 1.39. The zero-order chi connectivity index (χ0) is 12.0. The highest BCUT2D eigenvalue weighted by atomic mass is 16.5. The molecule has 1 aromatic carbocycles. The molecule has 0 aliphatic heterocycles. The number of terminal acetylenes is 1. The van der Waals surface area contributed by atoms with E-state index in [2.05, 4.69) is 11.2 Å². The van der Waals surface area contributed by atoms with Crippen LogP contribution in [0.2, 0.25) is 0 Å². The van der Waals surface area contributed by atoms with E-state index >= 15 is 0 Å². The molecule has 1 atom stereocenters. The van der Waals surface area contributed by atoms with E-state index in [9.17, 15) is 5.11 Å². The third-order valence-corrected chi connectivity index (χ3v) is 2.41. The maximum absolute atomic E-state index is 9.43. The summed E-state index contributed by atoms with van der Waals surface area (Å²) < 4.78 is 5.03. The molecule has 3 nitrogen and oxygen atoms in total. The van der Waals surface area contributed by atoms with Gasteiger partial charge in [0.2, 0.25) is 0 Å². The zero-order valence-electron chi connectivity index (χ0n) is 9.66. The number of phenolic OH excluding ortho intramolecular Hbond substituents is 1. The molecule has 2 N–H and O–H groups in total. The SMILES string of the molecule is C#CC(CC)NCc1ccc(O)c(OC)c1. The van der Waals surface area contributed by atoms with E-state index in [4.69, 9.17) is 11.2 Å². The Morgan fingerprint density at radius 2 is 2.31 bits per heavy atom. The molecule has 0 amide bonds. The highest BCUT2D eigenvalue weighted by Gasteiger charge is 2.04. The molecule has 0 radical (unpaired) electrons. The Bertz CT molecular complexity index is 382. The Balaban J connectivity index is 2.65. The van der Waals surface area contributed by atoms with Gasteiger partial charge in [0, 0.05) is 6.54 Å². The molecule has 1 aromatic rings. The maximum atomic E-state index is 9.43. The van der Waals surface area contributed by atoms with Crippen molar-refractivity contribution in [2.24, 2.45) is 0 Å². The van der Waals surface area contributed by atoms with Gasteiger partial charge in [-0.25, -0.2) is 0 Å². The highest BCUT2D eigenvalue weighted by molar-refractivity contribution is 5.41. The molecule has 3 heteroatoms. The van der Waals surface area contributed by atoms with Crippen molar-refractivity contribution in [2.75, 3.05) is 7.11 Å². The minimum Gasteiger partial charge on any atom is -0.504 e. The number of aromatic hydroxyl groups is 1. The lowest BCUT2D eigenvalue weighted by atomic mass is 10.1. The van der Waals surface area contributed by atoms with Gasteiger partial charge >= 0.3 is 0 Å². The molecule has 86 valence electrons. The smallest absolute Gasteiger partial charge is 0.160 e. The van der Waals surface area contributed by atoms with E-state index in [0.29, 0.717) is 12.3 Å². The predicted molar refractivity (Wildman–Crippen MR) is 64.4 cm³/mol. The number of ether oxygens (including phenoxy) is 1. The fourth-order valence-electron chi connectivity index (χ4n) is 1.39. The van der Waals surface area contributed by atoms with E-state index in [0.717, 1.165) is 12.0 Å². The predicted octanol–water partition coefficient (Wildman–Crippen LogP) is 1.90. The van der Waals surface area contributed by atoms with Crippen LogP contribution in [0.1, 0.15) is 18.9 Å². The Labute approximate surface area is 96.4 Å². The summed E-state index contributed by atoms with van der Waals surface area (Å²) in [7, 11) is 1.53. The molecule has 1 rings (SSSR count). The minimum atomic E-state index is 0.0831. The number of nitrogens with one attached hydrogen (secondary N) is 1. The van der Waals surface area contributed by atoms with Gasteiger partial charge in [-0.05, 0) is 24.1 Å². The van der Waals surface area contributed by atoms with Gasteiger partial charge in [-0.15, -0.1) is 6.42 Å². The Hall–Kier alpha value is -1.66. The third-order valence-electron chi connectivity index (χ3n) is 2.41. The molecule has 0 aliphatic rings. The standard InChI is InChI=1S/C13H17NO2/c1-4-11(5-2)14-9-10-6-7-12(15)13(8-10)16-3/h1,6-8,11,14-15H,5,9H2,2-3H3. The first-order valence-electron chi connectivity index (χ1n) is 5.26. The summed E-state index contributed by atoms with van der Waals surface area (Å²) >= 11 is 0. The van der Waals surface area contributed by atoms with Crippen LogP contribution in [0.3, 0.4) is 0 Å². The quantitative estimate of drug-likeness (QED) is 0.743. The Morgan fingerprint density at radius 3 is 2.88 bits per heavy atom. The van der Waals surface area contributed by atoms with Crippen LogP contribution < -0.4 is 10.1 Å². The first kappa shape index (κ1) is 12.4. The monoisotopic (exact) mass is 219 g/mol. The number of phenols is 1. The molecule has 0 aromatic heterocycles. The van der Waals surface area contributed by atoms with Crippen LogP contribution in [-0.2, 0) is 6.54 Å². The summed E-state index contributed by atoms with van der Waals surface area (Å²) in [6, 6.07) is 5.34. The second kappa shape index (κ2) is 6.04. The van der Waals surface area contributed by atoms with Crippen molar-refractivity contribution < 1.29 is 9.84 Å². The van der Waals surface area contributed by atoms with Crippen molar-refractivity contribution in [3.63, 3.8) is 0 Å². The van der Waals surface area contributed by atoms with Crippen molar-refractivity contribution in [3.8, 4) is 23.8 Å². The largest absolute Gasteiger partial charge is 0.504 e. The van der Waals surface area contributed by atoms with Gasteiger partial charge in [0.05, 0.1) is 13.2 Å². The summed E-state index contributed by atoms with van der Waals surface area (Å²) in [5.74, 6) is 3.30. The zero-order valence-corrected chi connectivity index (χ0v) is 9.66. The molecule has 16 heavy (non-hydrogen) atoms. The lowest BCUT2D eigenvalue weighted by molar-refractivity contribution is 0.372. The lowest BCUT2D eigenvalue weighted by Crippen LogP contribution is -2.26. The summed E-state index contributed by atoms with van der Waals surface area (Å²) in [6.45, 7) is 2.70. The van der Waals surface area contributed by atoms with E-state index in [1.54, 1.807) is 12.1 Å². The molecule has 1 unspecified atom stereocenters. The normalized spacial score (nSPS) is 11.8. The lowest BCUT2D eigenvalue weighted by Gasteiger charge is -2.11. The van der Waals surface area contributed by atoms with E-state index in [1.807, 2.05) is 13.0 Å². The van der Waals surface area contributed by atoms with Gasteiger partial charge in [-0.3, -0.25) is 5.32 Å². The van der Waals surface area contributed by atoms with Crippen molar-refractivity contribution in [3.05, 3.63) is 23.8 Å². The summed E-state index contributed by atoms with van der Waals surface area (Å²) in [5, 5.41) is 12.7. The molecule has 0 saturated carbocycles. The molecule has 0 bridgehead atoms. The van der Waals surface area contributed by atoms with Crippen LogP contribution in [-0.4, -0.2) is 18.3 Å².